The lowest BCUT2D eigenvalue weighted by Crippen LogP contribution is -2.01. The third kappa shape index (κ3) is 2.54. The summed E-state index contributed by atoms with van der Waals surface area (Å²) in [5.41, 5.74) is 0.0749. The highest BCUT2D eigenvalue weighted by Crippen LogP contribution is 2.34. The first kappa shape index (κ1) is 15.1. The Morgan fingerprint density at radius 3 is 2.22 bits per heavy atom. The summed E-state index contributed by atoms with van der Waals surface area (Å²) >= 11 is 0. The number of hydrogen-bond donors (Lipinski definition) is 0. The first-order valence-electron chi connectivity index (χ1n) is 6.78. The molecule has 5 heteroatoms. The summed E-state index contributed by atoms with van der Waals surface area (Å²) in [7, 11) is 1.22. The monoisotopic (exact) mass is 316 g/mol. The SMILES string of the molecule is COC(=O)c1ccc2c(F)ccc(-c3c(F)cccc3F)c2c1. The van der Waals surface area contributed by atoms with Crippen LogP contribution in [0.3, 0.4) is 0 Å². The minimum absolute atomic E-state index is 0.165. The normalized spacial score (nSPS) is 10.8. The lowest BCUT2D eigenvalue weighted by Gasteiger charge is -2.11. The van der Waals surface area contributed by atoms with Gasteiger partial charge in [0.1, 0.15) is 17.5 Å². The standard InChI is InChI=1S/C18H11F3O2/c1-23-18(22)10-5-6-11-13(9-10)12(7-8-14(11)19)17-15(20)3-2-4-16(17)21/h2-9H,1H3. The van der Waals surface area contributed by atoms with Gasteiger partial charge in [-0.15, -0.1) is 0 Å². The lowest BCUT2D eigenvalue weighted by atomic mass is 9.95. The number of halogens is 3. The van der Waals surface area contributed by atoms with Crippen molar-refractivity contribution in [3.05, 3.63) is 71.5 Å². The second-order valence-corrected chi connectivity index (χ2v) is 4.94. The predicted molar refractivity (Wildman–Crippen MR) is 80.6 cm³/mol. The molecule has 3 aromatic carbocycles. The van der Waals surface area contributed by atoms with Crippen LogP contribution in [-0.2, 0) is 4.74 Å². The molecule has 0 saturated carbocycles. The first-order chi connectivity index (χ1) is 11.0. The quantitative estimate of drug-likeness (QED) is 0.640. The summed E-state index contributed by atoms with van der Waals surface area (Å²) in [6, 6.07) is 10.1. The van der Waals surface area contributed by atoms with Crippen molar-refractivity contribution in [3.8, 4) is 11.1 Å². The molecular weight excluding hydrogens is 305 g/mol. The van der Waals surface area contributed by atoms with Crippen molar-refractivity contribution in [3.63, 3.8) is 0 Å². The van der Waals surface area contributed by atoms with Gasteiger partial charge in [0, 0.05) is 5.39 Å². The van der Waals surface area contributed by atoms with Crippen molar-refractivity contribution in [1.29, 1.82) is 0 Å². The van der Waals surface area contributed by atoms with E-state index in [2.05, 4.69) is 4.74 Å². The van der Waals surface area contributed by atoms with Crippen LogP contribution in [0.4, 0.5) is 13.2 Å². The molecule has 0 atom stereocenters. The van der Waals surface area contributed by atoms with Crippen LogP contribution < -0.4 is 0 Å². The molecule has 0 aliphatic heterocycles. The molecule has 0 unspecified atom stereocenters. The molecule has 0 bridgehead atoms. The Balaban J connectivity index is 2.37. The maximum atomic E-state index is 14.1. The Bertz CT molecular complexity index is 899. The zero-order valence-corrected chi connectivity index (χ0v) is 12.1. The smallest absolute Gasteiger partial charge is 0.337 e. The number of hydrogen-bond acceptors (Lipinski definition) is 2. The number of carbonyl (C=O) groups is 1. The summed E-state index contributed by atoms with van der Waals surface area (Å²) in [5.74, 6) is -2.68. The summed E-state index contributed by atoms with van der Waals surface area (Å²) in [6.07, 6.45) is 0. The van der Waals surface area contributed by atoms with E-state index in [0.29, 0.717) is 0 Å². The van der Waals surface area contributed by atoms with Crippen molar-refractivity contribution in [2.45, 2.75) is 0 Å². The molecule has 2 nitrogen and oxygen atoms in total. The van der Waals surface area contributed by atoms with Crippen LogP contribution in [-0.4, -0.2) is 13.1 Å². The zero-order chi connectivity index (χ0) is 16.6. The van der Waals surface area contributed by atoms with E-state index in [1.54, 1.807) is 0 Å². The molecule has 0 saturated heterocycles. The van der Waals surface area contributed by atoms with Gasteiger partial charge in [-0.3, -0.25) is 0 Å². The van der Waals surface area contributed by atoms with Gasteiger partial charge in [0.15, 0.2) is 0 Å². The van der Waals surface area contributed by atoms with Gasteiger partial charge in [0.25, 0.3) is 0 Å². The molecule has 0 N–H and O–H groups in total. The van der Waals surface area contributed by atoms with Crippen molar-refractivity contribution in [2.24, 2.45) is 0 Å². The van der Waals surface area contributed by atoms with Crippen molar-refractivity contribution in [2.75, 3.05) is 7.11 Å². The van der Waals surface area contributed by atoms with Crippen LogP contribution in [0.25, 0.3) is 21.9 Å². The number of benzene rings is 3. The minimum atomic E-state index is -0.763. The van der Waals surface area contributed by atoms with Crippen LogP contribution in [0.1, 0.15) is 10.4 Å². The van der Waals surface area contributed by atoms with E-state index in [-0.39, 0.29) is 27.5 Å². The van der Waals surface area contributed by atoms with Crippen molar-refractivity contribution in [1.82, 2.24) is 0 Å². The highest BCUT2D eigenvalue weighted by atomic mass is 19.1. The maximum Gasteiger partial charge on any atom is 0.337 e. The predicted octanol–water partition coefficient (Wildman–Crippen LogP) is 4.71. The second-order valence-electron chi connectivity index (χ2n) is 4.94. The molecule has 116 valence electrons. The number of ether oxygens (including phenoxy) is 1. The van der Waals surface area contributed by atoms with E-state index in [1.807, 2.05) is 0 Å². The van der Waals surface area contributed by atoms with Gasteiger partial charge in [-0.1, -0.05) is 18.2 Å². The van der Waals surface area contributed by atoms with Gasteiger partial charge in [0.2, 0.25) is 0 Å². The fourth-order valence-electron chi connectivity index (χ4n) is 2.53. The molecule has 0 heterocycles. The van der Waals surface area contributed by atoms with Crippen LogP contribution in [0.15, 0.2) is 48.5 Å². The largest absolute Gasteiger partial charge is 0.465 e. The van der Waals surface area contributed by atoms with Gasteiger partial charge in [-0.05, 0) is 41.3 Å². The molecule has 0 amide bonds. The summed E-state index contributed by atoms with van der Waals surface area (Å²) < 4.78 is 46.8. The first-order valence-corrected chi connectivity index (χ1v) is 6.78. The number of carbonyl (C=O) groups excluding carboxylic acids is 1. The van der Waals surface area contributed by atoms with Gasteiger partial charge in [-0.2, -0.15) is 0 Å². The van der Waals surface area contributed by atoms with Crippen molar-refractivity contribution < 1.29 is 22.7 Å². The fourth-order valence-corrected chi connectivity index (χ4v) is 2.53. The van der Waals surface area contributed by atoms with E-state index in [4.69, 9.17) is 0 Å². The van der Waals surface area contributed by atoms with Crippen LogP contribution >= 0.6 is 0 Å². The van der Waals surface area contributed by atoms with E-state index < -0.39 is 23.4 Å². The van der Waals surface area contributed by atoms with Crippen LogP contribution in [0, 0.1) is 17.5 Å². The van der Waals surface area contributed by atoms with Crippen LogP contribution in [0.5, 0.6) is 0 Å². The average molecular weight is 316 g/mol. The maximum absolute atomic E-state index is 14.1. The van der Waals surface area contributed by atoms with Gasteiger partial charge in [-0.25, -0.2) is 18.0 Å². The minimum Gasteiger partial charge on any atom is -0.465 e. The average Bonchev–Trinajstić information content (AvgIpc) is 2.55. The second kappa shape index (κ2) is 5.76. The van der Waals surface area contributed by atoms with Crippen LogP contribution in [0.2, 0.25) is 0 Å². The Morgan fingerprint density at radius 2 is 1.57 bits per heavy atom. The molecule has 0 aromatic heterocycles. The number of fused-ring (bicyclic) bond motifs is 1. The topological polar surface area (TPSA) is 26.3 Å². The molecule has 0 aliphatic carbocycles. The van der Waals surface area contributed by atoms with E-state index in [0.717, 1.165) is 18.2 Å². The highest BCUT2D eigenvalue weighted by Gasteiger charge is 2.17. The molecule has 0 aliphatic rings. The number of esters is 1. The van der Waals surface area contributed by atoms with Crippen molar-refractivity contribution >= 4 is 16.7 Å². The van der Waals surface area contributed by atoms with E-state index in [1.165, 1.54) is 37.4 Å². The van der Waals surface area contributed by atoms with E-state index >= 15 is 0 Å². The third-order valence-corrected chi connectivity index (χ3v) is 3.62. The third-order valence-electron chi connectivity index (χ3n) is 3.62. The lowest BCUT2D eigenvalue weighted by molar-refractivity contribution is 0.0601. The molecular formula is C18H11F3O2. The summed E-state index contributed by atoms with van der Waals surface area (Å²) in [6.45, 7) is 0. The zero-order valence-electron chi connectivity index (χ0n) is 12.1. The van der Waals surface area contributed by atoms with Gasteiger partial charge >= 0.3 is 5.97 Å². The van der Waals surface area contributed by atoms with E-state index in [9.17, 15) is 18.0 Å². The van der Waals surface area contributed by atoms with Gasteiger partial charge in [0.05, 0.1) is 18.2 Å². The molecule has 3 rings (SSSR count). The number of rotatable bonds is 2. The molecule has 3 aromatic rings. The Morgan fingerprint density at radius 1 is 0.870 bits per heavy atom. The highest BCUT2D eigenvalue weighted by molar-refractivity contribution is 6.02. The molecule has 0 fully saturated rings. The number of methoxy groups -OCH3 is 1. The Labute approximate surface area is 130 Å². The fraction of sp³-hybridized carbons (Fsp3) is 0.0556. The summed E-state index contributed by atoms with van der Waals surface area (Å²) in [5, 5.41) is 0.398. The Kier molecular flexibility index (Phi) is 3.78. The molecule has 0 spiro atoms. The molecule has 0 radical (unpaired) electrons. The Hall–Kier alpha value is -2.82. The van der Waals surface area contributed by atoms with Gasteiger partial charge < -0.3 is 4.74 Å². The summed E-state index contributed by atoms with van der Waals surface area (Å²) in [4.78, 5) is 11.7. The molecule has 23 heavy (non-hydrogen) atoms.